The Morgan fingerprint density at radius 2 is 1.95 bits per heavy atom. The van der Waals surface area contributed by atoms with Gasteiger partial charge in [-0.15, -0.1) is 0 Å². The van der Waals surface area contributed by atoms with Gasteiger partial charge in [-0.05, 0) is 25.0 Å². The molecular weight excluding hydrogens is 268 g/mol. The van der Waals surface area contributed by atoms with Crippen molar-refractivity contribution >= 4 is 22.1 Å². The highest BCUT2D eigenvalue weighted by Crippen LogP contribution is 2.11. The lowest BCUT2D eigenvalue weighted by molar-refractivity contribution is 0.255. The smallest absolute Gasteiger partial charge is 0.291 e. The van der Waals surface area contributed by atoms with Crippen LogP contribution in [0.15, 0.2) is 24.4 Å². The highest BCUT2D eigenvalue weighted by Gasteiger charge is 2.25. The number of piperidine rings is 1. The molecule has 1 aliphatic rings. The lowest BCUT2D eigenvalue weighted by atomic mass is 10.2. The Labute approximate surface area is 112 Å². The highest BCUT2D eigenvalue weighted by molar-refractivity contribution is 7.87. The summed E-state index contributed by atoms with van der Waals surface area (Å²) in [6.45, 7) is 0.901. The van der Waals surface area contributed by atoms with Crippen molar-refractivity contribution in [2.75, 3.05) is 18.4 Å². The van der Waals surface area contributed by atoms with Crippen LogP contribution in [0.4, 0.5) is 10.6 Å². The Bertz CT molecular complexity index is 526. The van der Waals surface area contributed by atoms with Crippen LogP contribution in [-0.2, 0) is 10.2 Å². The van der Waals surface area contributed by atoms with Crippen molar-refractivity contribution in [3.63, 3.8) is 0 Å². The Morgan fingerprint density at radius 3 is 2.58 bits per heavy atom. The summed E-state index contributed by atoms with van der Waals surface area (Å²) in [5.41, 5.74) is 0. The second kappa shape index (κ2) is 5.98. The molecule has 1 aromatic heterocycles. The van der Waals surface area contributed by atoms with Crippen LogP contribution in [0.3, 0.4) is 0 Å². The molecule has 2 amide bonds. The molecule has 0 bridgehead atoms. The topological polar surface area (TPSA) is 91.4 Å². The third kappa shape index (κ3) is 3.90. The minimum Gasteiger partial charge on any atom is -0.291 e. The molecule has 2 heterocycles. The summed E-state index contributed by atoms with van der Waals surface area (Å²) >= 11 is 0. The molecule has 1 aliphatic heterocycles. The van der Waals surface area contributed by atoms with Gasteiger partial charge in [-0.25, -0.2) is 14.5 Å². The van der Waals surface area contributed by atoms with Crippen LogP contribution >= 0.6 is 0 Å². The van der Waals surface area contributed by atoms with E-state index in [4.69, 9.17) is 0 Å². The van der Waals surface area contributed by atoms with Gasteiger partial charge in [0.25, 0.3) is 0 Å². The molecule has 1 aromatic rings. The maximum Gasteiger partial charge on any atom is 0.335 e. The number of amides is 2. The van der Waals surface area contributed by atoms with Crippen molar-refractivity contribution < 1.29 is 13.2 Å². The van der Waals surface area contributed by atoms with Crippen LogP contribution in [0, 0.1) is 0 Å². The van der Waals surface area contributed by atoms with Crippen molar-refractivity contribution in [2.45, 2.75) is 19.3 Å². The van der Waals surface area contributed by atoms with Crippen LogP contribution in [0.2, 0.25) is 0 Å². The zero-order valence-electron chi connectivity index (χ0n) is 10.4. The van der Waals surface area contributed by atoms with E-state index in [0.29, 0.717) is 18.9 Å². The Kier molecular flexibility index (Phi) is 4.33. The van der Waals surface area contributed by atoms with E-state index in [1.54, 1.807) is 18.2 Å². The van der Waals surface area contributed by atoms with Gasteiger partial charge in [0.05, 0.1) is 0 Å². The molecule has 2 rings (SSSR count). The van der Waals surface area contributed by atoms with E-state index in [9.17, 15) is 13.2 Å². The van der Waals surface area contributed by atoms with Gasteiger partial charge < -0.3 is 0 Å². The van der Waals surface area contributed by atoms with Crippen molar-refractivity contribution in [2.24, 2.45) is 0 Å². The summed E-state index contributed by atoms with van der Waals surface area (Å²) in [4.78, 5) is 15.5. The fraction of sp³-hybridized carbons (Fsp3) is 0.455. The first-order valence-corrected chi connectivity index (χ1v) is 7.52. The summed E-state index contributed by atoms with van der Waals surface area (Å²) in [6.07, 6.45) is 4.17. The van der Waals surface area contributed by atoms with E-state index >= 15 is 0 Å². The summed E-state index contributed by atoms with van der Waals surface area (Å²) < 4.78 is 27.1. The lowest BCUT2D eigenvalue weighted by Gasteiger charge is -2.25. The van der Waals surface area contributed by atoms with E-state index in [-0.39, 0.29) is 0 Å². The van der Waals surface area contributed by atoms with Gasteiger partial charge in [0.15, 0.2) is 0 Å². The number of nitrogens with one attached hydrogen (secondary N) is 2. The molecule has 7 nitrogen and oxygen atoms in total. The van der Waals surface area contributed by atoms with Gasteiger partial charge in [0.2, 0.25) is 0 Å². The van der Waals surface area contributed by atoms with Gasteiger partial charge in [0, 0.05) is 19.3 Å². The summed E-state index contributed by atoms with van der Waals surface area (Å²) in [5, 5.41) is 2.37. The van der Waals surface area contributed by atoms with Crippen molar-refractivity contribution in [1.29, 1.82) is 0 Å². The fourth-order valence-corrected chi connectivity index (χ4v) is 3.02. The van der Waals surface area contributed by atoms with E-state index in [1.807, 2.05) is 4.72 Å². The van der Waals surface area contributed by atoms with E-state index in [1.165, 1.54) is 10.5 Å². The number of aromatic nitrogens is 1. The molecule has 0 aliphatic carbocycles. The summed E-state index contributed by atoms with van der Waals surface area (Å²) in [6, 6.07) is 4.17. The largest absolute Gasteiger partial charge is 0.335 e. The average Bonchev–Trinajstić information content (AvgIpc) is 2.40. The number of anilines is 1. The first kappa shape index (κ1) is 13.8. The molecule has 0 aromatic carbocycles. The van der Waals surface area contributed by atoms with Gasteiger partial charge in [-0.2, -0.15) is 12.7 Å². The monoisotopic (exact) mass is 284 g/mol. The number of carbonyl (C=O) groups is 1. The zero-order valence-corrected chi connectivity index (χ0v) is 11.2. The molecule has 0 radical (unpaired) electrons. The minimum atomic E-state index is -3.76. The standard InChI is InChI=1S/C11H16N4O3S/c16-11(13-10-6-2-3-7-12-10)14-19(17,18)15-8-4-1-5-9-15/h2-3,6-7H,1,4-5,8-9H2,(H2,12,13,14,16). The second-order valence-corrected chi connectivity index (χ2v) is 5.91. The van der Waals surface area contributed by atoms with Gasteiger partial charge in [0.1, 0.15) is 5.82 Å². The van der Waals surface area contributed by atoms with Gasteiger partial charge in [-0.1, -0.05) is 12.5 Å². The molecule has 0 spiro atoms. The number of hydrogen-bond donors (Lipinski definition) is 2. The van der Waals surface area contributed by atoms with Crippen molar-refractivity contribution in [3.05, 3.63) is 24.4 Å². The summed E-state index contributed by atoms with van der Waals surface area (Å²) in [5.74, 6) is 0.300. The third-order valence-corrected chi connectivity index (χ3v) is 4.27. The van der Waals surface area contributed by atoms with Gasteiger partial charge in [-0.3, -0.25) is 5.32 Å². The fourth-order valence-electron chi connectivity index (χ4n) is 1.87. The molecule has 1 saturated heterocycles. The number of urea groups is 1. The predicted molar refractivity (Wildman–Crippen MR) is 70.7 cm³/mol. The van der Waals surface area contributed by atoms with Gasteiger partial charge >= 0.3 is 16.2 Å². The predicted octanol–water partition coefficient (Wildman–Crippen LogP) is 0.934. The van der Waals surface area contributed by atoms with Crippen LogP contribution < -0.4 is 10.0 Å². The van der Waals surface area contributed by atoms with E-state index in [0.717, 1.165) is 19.3 Å². The zero-order chi connectivity index (χ0) is 13.7. The normalized spacial score (nSPS) is 16.8. The maximum absolute atomic E-state index is 11.9. The SMILES string of the molecule is O=C(Nc1ccccn1)NS(=O)(=O)N1CCCCC1. The van der Waals surface area contributed by atoms with Crippen LogP contribution in [0.25, 0.3) is 0 Å². The minimum absolute atomic E-state index is 0.300. The molecule has 0 saturated carbocycles. The molecule has 1 fully saturated rings. The quantitative estimate of drug-likeness (QED) is 0.864. The molecular formula is C11H16N4O3S. The van der Waals surface area contributed by atoms with E-state index < -0.39 is 16.2 Å². The molecule has 104 valence electrons. The van der Waals surface area contributed by atoms with E-state index in [2.05, 4.69) is 10.3 Å². The number of pyridine rings is 1. The number of nitrogens with zero attached hydrogens (tertiary/aromatic N) is 2. The number of rotatable bonds is 3. The second-order valence-electron chi connectivity index (χ2n) is 4.24. The summed E-state index contributed by atoms with van der Waals surface area (Å²) in [7, 11) is -3.76. The van der Waals surface area contributed by atoms with Crippen LogP contribution in [0.1, 0.15) is 19.3 Å². The Morgan fingerprint density at radius 1 is 1.21 bits per heavy atom. The first-order chi connectivity index (χ1) is 9.08. The number of carbonyl (C=O) groups excluding carboxylic acids is 1. The highest BCUT2D eigenvalue weighted by atomic mass is 32.2. The Balaban J connectivity index is 1.94. The molecule has 19 heavy (non-hydrogen) atoms. The van der Waals surface area contributed by atoms with Crippen molar-refractivity contribution in [3.8, 4) is 0 Å². The number of hydrogen-bond acceptors (Lipinski definition) is 4. The molecule has 0 atom stereocenters. The maximum atomic E-state index is 11.9. The molecule has 2 N–H and O–H groups in total. The average molecular weight is 284 g/mol. The van der Waals surface area contributed by atoms with Crippen molar-refractivity contribution in [1.82, 2.24) is 14.0 Å². The molecule has 8 heteroatoms. The van der Waals surface area contributed by atoms with Crippen LogP contribution in [0.5, 0.6) is 0 Å². The lowest BCUT2D eigenvalue weighted by Crippen LogP contribution is -2.47. The first-order valence-electron chi connectivity index (χ1n) is 6.08. The Hall–Kier alpha value is -1.67. The third-order valence-electron chi connectivity index (χ3n) is 2.78. The molecule has 0 unspecified atom stereocenters. The van der Waals surface area contributed by atoms with Crippen LogP contribution in [-0.4, -0.2) is 36.8 Å².